The molecular weight excluding hydrogens is 192 g/mol. The molecule has 0 saturated heterocycles. The summed E-state index contributed by atoms with van der Waals surface area (Å²) >= 11 is 4.27. The van der Waals surface area contributed by atoms with E-state index in [2.05, 4.69) is 26.1 Å². The number of hydrogen-bond acceptors (Lipinski definition) is 4. The Kier molecular flexibility index (Phi) is 1.69. The molecule has 0 saturated carbocycles. The lowest BCUT2D eigenvalue weighted by Crippen LogP contribution is -1.73. The van der Waals surface area contributed by atoms with Crippen LogP contribution in [-0.4, -0.2) is 16.5 Å². The molecule has 0 aliphatic heterocycles. The number of halogens is 1. The average molecular weight is 193 g/mol. The van der Waals surface area contributed by atoms with Crippen molar-refractivity contribution < 1.29 is 4.79 Å². The highest BCUT2D eigenvalue weighted by molar-refractivity contribution is 9.11. The highest BCUT2D eigenvalue weighted by atomic mass is 79.9. The van der Waals surface area contributed by atoms with Crippen LogP contribution < -0.4 is 0 Å². The molecule has 0 spiro atoms. The van der Waals surface area contributed by atoms with E-state index in [1.54, 1.807) is 0 Å². The number of carbonyl (C=O) groups excluding carboxylic acids is 1. The van der Waals surface area contributed by atoms with Gasteiger partial charge in [0.25, 0.3) is 0 Å². The van der Waals surface area contributed by atoms with E-state index in [0.717, 1.165) is 0 Å². The largest absolute Gasteiger partial charge is 0.295 e. The molecule has 0 N–H and O–H groups in total. The van der Waals surface area contributed by atoms with Gasteiger partial charge in [0, 0.05) is 0 Å². The topological polar surface area (TPSA) is 42.9 Å². The summed E-state index contributed by atoms with van der Waals surface area (Å²) in [5.41, 5.74) is 0. The van der Waals surface area contributed by atoms with Gasteiger partial charge in [-0.3, -0.25) is 4.79 Å². The number of rotatable bonds is 1. The van der Waals surface area contributed by atoms with Crippen LogP contribution in [0.15, 0.2) is 3.92 Å². The van der Waals surface area contributed by atoms with Crippen LogP contribution in [0.5, 0.6) is 0 Å². The molecule has 0 amide bonds. The third-order valence-corrected chi connectivity index (χ3v) is 1.80. The number of aldehydes is 1. The SMILES string of the molecule is O=Cc1nnc(Br)s1. The first kappa shape index (κ1) is 5.84. The van der Waals surface area contributed by atoms with Crippen molar-refractivity contribution in [2.24, 2.45) is 0 Å². The van der Waals surface area contributed by atoms with Gasteiger partial charge in [0.1, 0.15) is 0 Å². The quantitative estimate of drug-likeness (QED) is 0.627. The van der Waals surface area contributed by atoms with Gasteiger partial charge in [-0.1, -0.05) is 11.3 Å². The van der Waals surface area contributed by atoms with E-state index in [4.69, 9.17) is 0 Å². The number of carbonyl (C=O) groups is 1. The average Bonchev–Trinajstić information content (AvgIpc) is 2.14. The summed E-state index contributed by atoms with van der Waals surface area (Å²) < 4.78 is 0.639. The van der Waals surface area contributed by atoms with Crippen LogP contribution in [-0.2, 0) is 0 Å². The minimum Gasteiger partial charge on any atom is -0.295 e. The Morgan fingerprint density at radius 1 is 1.62 bits per heavy atom. The molecule has 0 aliphatic rings. The van der Waals surface area contributed by atoms with Crippen molar-refractivity contribution in [2.45, 2.75) is 0 Å². The van der Waals surface area contributed by atoms with Gasteiger partial charge >= 0.3 is 0 Å². The van der Waals surface area contributed by atoms with E-state index >= 15 is 0 Å². The lowest BCUT2D eigenvalue weighted by molar-refractivity contribution is 0.112. The molecule has 1 aromatic rings. The third-order valence-electron chi connectivity index (χ3n) is 0.517. The first-order valence-corrected chi connectivity index (χ1v) is 3.38. The van der Waals surface area contributed by atoms with E-state index in [1.807, 2.05) is 0 Å². The van der Waals surface area contributed by atoms with Gasteiger partial charge in [-0.05, 0) is 15.9 Å². The predicted molar refractivity (Wildman–Crippen MR) is 33.0 cm³/mol. The fourth-order valence-electron chi connectivity index (χ4n) is 0.263. The van der Waals surface area contributed by atoms with Gasteiger partial charge in [0.05, 0.1) is 0 Å². The molecule has 3 nitrogen and oxygen atoms in total. The lowest BCUT2D eigenvalue weighted by atomic mass is 10.8. The van der Waals surface area contributed by atoms with E-state index < -0.39 is 0 Å². The standard InChI is InChI=1S/C3HBrN2OS/c4-3-6-5-2(1-7)8-3/h1H. The predicted octanol–water partition coefficient (Wildman–Crippen LogP) is 1.11. The van der Waals surface area contributed by atoms with Crippen molar-refractivity contribution in [2.75, 3.05) is 0 Å². The minimum absolute atomic E-state index is 0.400. The Balaban J connectivity index is 3.00. The van der Waals surface area contributed by atoms with Gasteiger partial charge < -0.3 is 0 Å². The molecule has 1 aromatic heterocycles. The molecule has 0 atom stereocenters. The molecule has 0 aliphatic carbocycles. The summed E-state index contributed by atoms with van der Waals surface area (Å²) in [5, 5.41) is 7.43. The highest BCUT2D eigenvalue weighted by Crippen LogP contribution is 2.13. The third kappa shape index (κ3) is 1.10. The molecule has 0 unspecified atom stereocenters. The van der Waals surface area contributed by atoms with Crippen molar-refractivity contribution in [3.05, 3.63) is 8.92 Å². The monoisotopic (exact) mass is 192 g/mol. The summed E-state index contributed by atoms with van der Waals surface area (Å²) in [6.45, 7) is 0. The second-order valence-corrected chi connectivity index (χ2v) is 3.30. The molecule has 0 bridgehead atoms. The maximum Gasteiger partial charge on any atom is 0.183 e. The maximum absolute atomic E-state index is 9.91. The lowest BCUT2D eigenvalue weighted by Gasteiger charge is -1.63. The molecule has 5 heteroatoms. The van der Waals surface area contributed by atoms with Crippen molar-refractivity contribution in [1.82, 2.24) is 10.2 Å². The van der Waals surface area contributed by atoms with Gasteiger partial charge in [-0.25, -0.2) is 0 Å². The molecule has 42 valence electrons. The van der Waals surface area contributed by atoms with Gasteiger partial charge in [-0.15, -0.1) is 10.2 Å². The Bertz CT molecular complexity index is 199. The second-order valence-electron chi connectivity index (χ2n) is 1.01. The zero-order valence-corrected chi connectivity index (χ0v) is 6.07. The number of aromatic nitrogens is 2. The van der Waals surface area contributed by atoms with Crippen LogP contribution >= 0.6 is 27.3 Å². The number of nitrogens with zero attached hydrogens (tertiary/aromatic N) is 2. The fourth-order valence-corrected chi connectivity index (χ4v) is 1.22. The summed E-state index contributed by atoms with van der Waals surface area (Å²) in [4.78, 5) is 9.91. The van der Waals surface area contributed by atoms with Gasteiger partial charge in [-0.2, -0.15) is 0 Å². The van der Waals surface area contributed by atoms with Crippen molar-refractivity contribution >= 4 is 33.6 Å². The molecule has 0 aromatic carbocycles. The molecule has 1 heterocycles. The van der Waals surface area contributed by atoms with E-state index in [0.29, 0.717) is 15.2 Å². The fraction of sp³-hybridized carbons (Fsp3) is 0. The van der Waals surface area contributed by atoms with Gasteiger partial charge in [0.15, 0.2) is 15.2 Å². The molecule has 8 heavy (non-hydrogen) atoms. The minimum atomic E-state index is 0.400. The second kappa shape index (κ2) is 2.32. The van der Waals surface area contributed by atoms with Crippen LogP contribution in [0, 0.1) is 0 Å². The van der Waals surface area contributed by atoms with Crippen LogP contribution in [0.4, 0.5) is 0 Å². The van der Waals surface area contributed by atoms with E-state index in [1.165, 1.54) is 11.3 Å². The zero-order chi connectivity index (χ0) is 5.98. The maximum atomic E-state index is 9.91. The summed E-state index contributed by atoms with van der Waals surface area (Å²) in [6, 6.07) is 0. The first-order chi connectivity index (χ1) is 3.83. The van der Waals surface area contributed by atoms with Crippen LogP contribution in [0.25, 0.3) is 0 Å². The van der Waals surface area contributed by atoms with Crippen molar-refractivity contribution in [3.63, 3.8) is 0 Å². The zero-order valence-electron chi connectivity index (χ0n) is 3.67. The van der Waals surface area contributed by atoms with Crippen molar-refractivity contribution in [1.29, 1.82) is 0 Å². The van der Waals surface area contributed by atoms with Crippen molar-refractivity contribution in [3.8, 4) is 0 Å². The van der Waals surface area contributed by atoms with E-state index in [-0.39, 0.29) is 0 Å². The summed E-state index contributed by atoms with van der Waals surface area (Å²) in [6.07, 6.45) is 0.669. The number of hydrogen-bond donors (Lipinski definition) is 0. The molecular formula is C3HBrN2OS. The smallest absolute Gasteiger partial charge is 0.183 e. The Labute approximate surface area is 57.9 Å². The Morgan fingerprint density at radius 3 is 2.62 bits per heavy atom. The molecule has 1 rings (SSSR count). The van der Waals surface area contributed by atoms with E-state index in [9.17, 15) is 4.79 Å². The van der Waals surface area contributed by atoms with Gasteiger partial charge in [0.2, 0.25) is 0 Å². The Morgan fingerprint density at radius 2 is 2.38 bits per heavy atom. The van der Waals surface area contributed by atoms with Crippen LogP contribution in [0.1, 0.15) is 9.80 Å². The normalized spacial score (nSPS) is 9.12. The molecule has 0 fully saturated rings. The van der Waals surface area contributed by atoms with Crippen LogP contribution in [0.2, 0.25) is 0 Å². The Hall–Kier alpha value is -0.290. The van der Waals surface area contributed by atoms with Crippen LogP contribution in [0.3, 0.4) is 0 Å². The highest BCUT2D eigenvalue weighted by Gasteiger charge is 1.95. The molecule has 0 radical (unpaired) electrons. The summed E-state index contributed by atoms with van der Waals surface area (Å²) in [7, 11) is 0. The first-order valence-electron chi connectivity index (χ1n) is 1.77. The summed E-state index contributed by atoms with van der Waals surface area (Å²) in [5.74, 6) is 0.